The predicted molar refractivity (Wildman–Crippen MR) is 84.0 cm³/mol. The third kappa shape index (κ3) is 2.54. The Morgan fingerprint density at radius 2 is 2.05 bits per heavy atom. The fourth-order valence-electron chi connectivity index (χ4n) is 2.88. The molecule has 3 rings (SSSR count). The summed E-state index contributed by atoms with van der Waals surface area (Å²) < 4.78 is 1.12. The van der Waals surface area contributed by atoms with Crippen molar-refractivity contribution in [3.05, 3.63) is 63.0 Å². The molecule has 0 saturated heterocycles. The molecule has 1 heterocycles. The van der Waals surface area contributed by atoms with Crippen molar-refractivity contribution in [2.24, 2.45) is 0 Å². The van der Waals surface area contributed by atoms with E-state index in [9.17, 15) is 5.11 Å². The molecule has 2 atom stereocenters. The SMILES string of the molecule is OC(c1ccccc1I)C1CCCc2cccnc21. The Morgan fingerprint density at radius 3 is 2.89 bits per heavy atom. The topological polar surface area (TPSA) is 33.1 Å². The highest BCUT2D eigenvalue weighted by molar-refractivity contribution is 14.1. The van der Waals surface area contributed by atoms with E-state index in [0.29, 0.717) is 0 Å². The van der Waals surface area contributed by atoms with Crippen LogP contribution in [0.3, 0.4) is 0 Å². The monoisotopic (exact) mass is 365 g/mol. The number of pyridine rings is 1. The third-order valence-corrected chi connectivity index (χ3v) is 4.83. The molecule has 3 heteroatoms. The first-order valence-electron chi connectivity index (χ1n) is 6.63. The van der Waals surface area contributed by atoms with E-state index in [1.54, 1.807) is 0 Å². The molecule has 1 N–H and O–H groups in total. The van der Waals surface area contributed by atoms with Crippen LogP contribution in [-0.4, -0.2) is 10.1 Å². The van der Waals surface area contributed by atoms with Crippen LogP contribution in [0.25, 0.3) is 0 Å². The van der Waals surface area contributed by atoms with E-state index in [0.717, 1.165) is 34.1 Å². The summed E-state index contributed by atoms with van der Waals surface area (Å²) in [5.74, 6) is 0.126. The lowest BCUT2D eigenvalue weighted by atomic mass is 9.81. The van der Waals surface area contributed by atoms with Crippen LogP contribution in [0.2, 0.25) is 0 Å². The van der Waals surface area contributed by atoms with Crippen molar-refractivity contribution in [1.29, 1.82) is 0 Å². The number of aryl methyl sites for hydroxylation is 1. The smallest absolute Gasteiger partial charge is 0.0883 e. The van der Waals surface area contributed by atoms with Gasteiger partial charge in [-0.25, -0.2) is 0 Å². The van der Waals surface area contributed by atoms with Crippen LogP contribution in [-0.2, 0) is 6.42 Å². The van der Waals surface area contributed by atoms with E-state index in [2.05, 4.69) is 33.6 Å². The Balaban J connectivity index is 1.98. The molecule has 0 amide bonds. The van der Waals surface area contributed by atoms with Crippen LogP contribution in [0.15, 0.2) is 42.6 Å². The molecule has 19 heavy (non-hydrogen) atoms. The number of aliphatic hydroxyl groups excluding tert-OH is 1. The second kappa shape index (κ2) is 5.59. The maximum absolute atomic E-state index is 10.7. The molecule has 0 fully saturated rings. The normalized spacial score (nSPS) is 19.8. The van der Waals surface area contributed by atoms with E-state index >= 15 is 0 Å². The van der Waals surface area contributed by atoms with Gasteiger partial charge in [-0.15, -0.1) is 0 Å². The number of halogens is 1. The second-order valence-corrected chi connectivity index (χ2v) is 6.18. The van der Waals surface area contributed by atoms with Crippen LogP contribution in [0.4, 0.5) is 0 Å². The number of nitrogens with zero attached hydrogens (tertiary/aromatic N) is 1. The van der Waals surface area contributed by atoms with Crippen LogP contribution in [0.1, 0.15) is 41.7 Å². The quantitative estimate of drug-likeness (QED) is 0.821. The summed E-state index contributed by atoms with van der Waals surface area (Å²) in [6.45, 7) is 0. The molecule has 1 aromatic carbocycles. The summed E-state index contributed by atoms with van der Waals surface area (Å²) in [7, 11) is 0. The Bertz CT molecular complexity index is 584. The largest absolute Gasteiger partial charge is 0.388 e. The van der Waals surface area contributed by atoms with Crippen LogP contribution >= 0.6 is 22.6 Å². The molecule has 98 valence electrons. The van der Waals surface area contributed by atoms with Gasteiger partial charge in [0, 0.05) is 21.4 Å². The van der Waals surface area contributed by atoms with E-state index < -0.39 is 6.10 Å². The first kappa shape index (κ1) is 13.1. The number of fused-ring (bicyclic) bond motifs is 1. The van der Waals surface area contributed by atoms with Gasteiger partial charge in [-0.3, -0.25) is 4.98 Å². The minimum Gasteiger partial charge on any atom is -0.388 e. The van der Waals surface area contributed by atoms with Gasteiger partial charge in [0.2, 0.25) is 0 Å². The van der Waals surface area contributed by atoms with Crippen LogP contribution < -0.4 is 0 Å². The summed E-state index contributed by atoms with van der Waals surface area (Å²) in [4.78, 5) is 4.51. The minimum absolute atomic E-state index is 0.126. The minimum atomic E-state index is -0.456. The fraction of sp³-hybridized carbons (Fsp3) is 0.312. The zero-order valence-electron chi connectivity index (χ0n) is 10.6. The molecule has 2 aromatic rings. The first-order valence-corrected chi connectivity index (χ1v) is 7.71. The molecule has 1 aliphatic carbocycles. The van der Waals surface area contributed by atoms with Gasteiger partial charge in [0.15, 0.2) is 0 Å². The van der Waals surface area contributed by atoms with E-state index in [1.165, 1.54) is 5.56 Å². The van der Waals surface area contributed by atoms with Gasteiger partial charge >= 0.3 is 0 Å². The number of hydrogen-bond acceptors (Lipinski definition) is 2. The summed E-state index contributed by atoms with van der Waals surface area (Å²) in [5, 5.41) is 10.7. The van der Waals surface area contributed by atoms with Crippen molar-refractivity contribution in [1.82, 2.24) is 4.98 Å². The lowest BCUT2D eigenvalue weighted by molar-refractivity contribution is 0.133. The van der Waals surface area contributed by atoms with E-state index in [1.807, 2.05) is 36.5 Å². The maximum atomic E-state index is 10.7. The average Bonchev–Trinajstić information content (AvgIpc) is 2.46. The molecule has 0 spiro atoms. The van der Waals surface area contributed by atoms with Crippen molar-refractivity contribution in [2.45, 2.75) is 31.3 Å². The molecule has 1 aromatic heterocycles. The fourth-order valence-corrected chi connectivity index (χ4v) is 3.59. The maximum Gasteiger partial charge on any atom is 0.0883 e. The third-order valence-electron chi connectivity index (χ3n) is 3.84. The molecule has 2 unspecified atom stereocenters. The Hall–Kier alpha value is -0.940. The number of aromatic nitrogens is 1. The van der Waals surface area contributed by atoms with Crippen molar-refractivity contribution < 1.29 is 5.11 Å². The molecule has 2 nitrogen and oxygen atoms in total. The van der Waals surface area contributed by atoms with Crippen molar-refractivity contribution in [2.75, 3.05) is 0 Å². The number of rotatable bonds is 2. The Kier molecular flexibility index (Phi) is 3.84. The lowest BCUT2D eigenvalue weighted by Crippen LogP contribution is -2.19. The number of benzene rings is 1. The Morgan fingerprint density at radius 1 is 1.21 bits per heavy atom. The van der Waals surface area contributed by atoms with Crippen molar-refractivity contribution >= 4 is 22.6 Å². The molecular weight excluding hydrogens is 349 g/mol. The first-order chi connectivity index (χ1) is 9.27. The Labute approximate surface area is 127 Å². The molecule has 0 aliphatic heterocycles. The number of hydrogen-bond donors (Lipinski definition) is 1. The van der Waals surface area contributed by atoms with Gasteiger partial charge in [-0.05, 0) is 65.1 Å². The van der Waals surface area contributed by atoms with Gasteiger partial charge in [0.1, 0.15) is 0 Å². The average molecular weight is 365 g/mol. The number of aliphatic hydroxyl groups is 1. The summed E-state index contributed by atoms with van der Waals surface area (Å²) in [6, 6.07) is 12.2. The van der Waals surface area contributed by atoms with Crippen LogP contribution in [0, 0.1) is 3.57 Å². The van der Waals surface area contributed by atoms with Gasteiger partial charge < -0.3 is 5.11 Å². The predicted octanol–water partition coefficient (Wildman–Crippen LogP) is 3.84. The van der Waals surface area contributed by atoms with E-state index in [-0.39, 0.29) is 5.92 Å². The second-order valence-electron chi connectivity index (χ2n) is 5.01. The van der Waals surface area contributed by atoms with E-state index in [4.69, 9.17) is 0 Å². The molecular formula is C16H16INO. The molecule has 0 saturated carbocycles. The van der Waals surface area contributed by atoms with Crippen molar-refractivity contribution in [3.63, 3.8) is 0 Å². The van der Waals surface area contributed by atoms with Gasteiger partial charge in [-0.2, -0.15) is 0 Å². The highest BCUT2D eigenvalue weighted by atomic mass is 127. The highest BCUT2D eigenvalue weighted by Crippen LogP contribution is 2.40. The summed E-state index contributed by atoms with van der Waals surface area (Å²) in [6.07, 6.45) is 4.60. The molecule has 1 aliphatic rings. The van der Waals surface area contributed by atoms with Crippen molar-refractivity contribution in [3.8, 4) is 0 Å². The molecule has 0 bridgehead atoms. The van der Waals surface area contributed by atoms with Gasteiger partial charge in [-0.1, -0.05) is 24.3 Å². The summed E-state index contributed by atoms with van der Waals surface area (Å²) >= 11 is 2.29. The highest BCUT2D eigenvalue weighted by Gasteiger charge is 2.29. The van der Waals surface area contributed by atoms with Gasteiger partial charge in [0.05, 0.1) is 6.10 Å². The zero-order valence-corrected chi connectivity index (χ0v) is 12.7. The summed E-state index contributed by atoms with van der Waals surface area (Å²) in [5.41, 5.74) is 3.40. The standard InChI is InChI=1S/C16H16INO/c17-14-9-2-1-7-12(14)16(19)13-8-3-5-11-6-4-10-18-15(11)13/h1-2,4,6-7,9-10,13,16,19H,3,5,8H2. The molecule has 0 radical (unpaired) electrons. The van der Waals surface area contributed by atoms with Crippen LogP contribution in [0.5, 0.6) is 0 Å². The lowest BCUT2D eigenvalue weighted by Gasteiger charge is -2.29. The zero-order chi connectivity index (χ0) is 13.2. The van der Waals surface area contributed by atoms with Gasteiger partial charge in [0.25, 0.3) is 0 Å².